The summed E-state index contributed by atoms with van der Waals surface area (Å²) in [5.74, 6) is 0. The monoisotopic (exact) mass is 257 g/mol. The van der Waals surface area contributed by atoms with Crippen molar-refractivity contribution in [1.29, 1.82) is 0 Å². The molecular weight excluding hydrogens is 248 g/mol. The molecular formula is C10H9F2N3OS. The topological polar surface area (TPSA) is 50.7 Å². The predicted octanol–water partition coefficient (Wildman–Crippen LogP) is 2.24. The molecule has 1 N–H and O–H groups in total. The summed E-state index contributed by atoms with van der Waals surface area (Å²) in [6.07, 6.45) is -2.73. The number of hydrogen-bond donors (Lipinski definition) is 1. The molecule has 0 saturated heterocycles. The maximum atomic E-state index is 12.9. The van der Waals surface area contributed by atoms with Crippen LogP contribution < -0.4 is 5.56 Å². The predicted molar refractivity (Wildman–Crippen MR) is 61.9 cm³/mol. The van der Waals surface area contributed by atoms with E-state index in [4.69, 9.17) is 12.2 Å². The molecule has 90 valence electrons. The number of nitrogens with one attached hydrogen (secondary N) is 1. The Hall–Kier alpha value is -1.63. The first-order valence-corrected chi connectivity index (χ1v) is 5.21. The number of alkyl halides is 2. The van der Waals surface area contributed by atoms with E-state index in [-0.39, 0.29) is 21.4 Å². The normalized spacial score (nSPS) is 11.4. The molecule has 0 atom stereocenters. The molecule has 2 rings (SSSR count). The second-order valence-electron chi connectivity index (χ2n) is 3.67. The molecule has 2 aromatic heterocycles. The van der Waals surface area contributed by atoms with Gasteiger partial charge in [-0.15, -0.1) is 0 Å². The fourth-order valence-corrected chi connectivity index (χ4v) is 1.85. The third kappa shape index (κ3) is 1.86. The van der Waals surface area contributed by atoms with Crippen molar-refractivity contribution in [3.05, 3.63) is 32.4 Å². The number of H-pyrrole nitrogens is 1. The summed E-state index contributed by atoms with van der Waals surface area (Å²) in [7, 11) is 1.57. The highest BCUT2D eigenvalue weighted by Crippen LogP contribution is 2.24. The Morgan fingerprint density at radius 3 is 2.76 bits per heavy atom. The van der Waals surface area contributed by atoms with Crippen molar-refractivity contribution < 1.29 is 8.78 Å². The van der Waals surface area contributed by atoms with Gasteiger partial charge in [0.2, 0.25) is 0 Å². The Morgan fingerprint density at radius 2 is 2.18 bits per heavy atom. The molecule has 2 aromatic rings. The number of halogens is 2. The van der Waals surface area contributed by atoms with E-state index < -0.39 is 12.0 Å². The quantitative estimate of drug-likeness (QED) is 0.797. The minimum absolute atomic E-state index is 0.110. The number of nitrogens with zero attached hydrogens (tertiary/aromatic N) is 2. The van der Waals surface area contributed by atoms with Crippen LogP contribution in [0.25, 0.3) is 11.0 Å². The van der Waals surface area contributed by atoms with Crippen LogP contribution in [0, 0.1) is 11.7 Å². The molecule has 0 bridgehead atoms. The van der Waals surface area contributed by atoms with E-state index in [9.17, 15) is 13.6 Å². The van der Waals surface area contributed by atoms with Crippen LogP contribution >= 0.6 is 12.2 Å². The molecule has 2 heterocycles. The van der Waals surface area contributed by atoms with E-state index in [0.29, 0.717) is 5.69 Å². The van der Waals surface area contributed by atoms with Gasteiger partial charge in [-0.1, -0.05) is 0 Å². The van der Waals surface area contributed by atoms with Crippen LogP contribution in [-0.2, 0) is 7.05 Å². The van der Waals surface area contributed by atoms with Crippen molar-refractivity contribution in [2.24, 2.45) is 7.05 Å². The average Bonchev–Trinajstić information content (AvgIpc) is 2.24. The lowest BCUT2D eigenvalue weighted by Gasteiger charge is -2.09. The molecule has 0 aliphatic carbocycles. The van der Waals surface area contributed by atoms with Gasteiger partial charge < -0.3 is 4.57 Å². The molecule has 0 aliphatic heterocycles. The van der Waals surface area contributed by atoms with E-state index >= 15 is 0 Å². The van der Waals surface area contributed by atoms with Gasteiger partial charge in [-0.2, -0.15) is 0 Å². The highest BCUT2D eigenvalue weighted by molar-refractivity contribution is 7.71. The number of aryl methyl sites for hydroxylation is 2. The first kappa shape index (κ1) is 11.8. The molecule has 0 saturated carbocycles. The Kier molecular flexibility index (Phi) is 2.78. The SMILES string of the molecule is Cc1cc(C(F)F)c2c(=O)[nH]c(=S)n(C)c2n1. The first-order valence-electron chi connectivity index (χ1n) is 4.80. The van der Waals surface area contributed by atoms with Crippen LogP contribution in [0.2, 0.25) is 0 Å². The van der Waals surface area contributed by atoms with Crippen LogP contribution in [0.1, 0.15) is 17.7 Å². The molecule has 0 spiro atoms. The molecule has 0 amide bonds. The minimum Gasteiger partial charge on any atom is -0.306 e. The van der Waals surface area contributed by atoms with Crippen molar-refractivity contribution in [2.75, 3.05) is 0 Å². The zero-order chi connectivity index (χ0) is 12.7. The van der Waals surface area contributed by atoms with Gasteiger partial charge in [0.05, 0.1) is 5.39 Å². The second-order valence-corrected chi connectivity index (χ2v) is 4.06. The molecule has 0 radical (unpaired) electrons. The van der Waals surface area contributed by atoms with Gasteiger partial charge in [-0.3, -0.25) is 9.78 Å². The van der Waals surface area contributed by atoms with Gasteiger partial charge in [0, 0.05) is 18.3 Å². The lowest BCUT2D eigenvalue weighted by atomic mass is 10.1. The summed E-state index contributed by atoms with van der Waals surface area (Å²) >= 11 is 4.90. The van der Waals surface area contributed by atoms with Crippen LogP contribution in [0.5, 0.6) is 0 Å². The van der Waals surface area contributed by atoms with Crippen LogP contribution in [0.3, 0.4) is 0 Å². The Morgan fingerprint density at radius 1 is 1.53 bits per heavy atom. The second kappa shape index (κ2) is 3.99. The number of hydrogen-bond acceptors (Lipinski definition) is 3. The van der Waals surface area contributed by atoms with Gasteiger partial charge in [-0.25, -0.2) is 13.8 Å². The van der Waals surface area contributed by atoms with E-state index in [0.717, 1.165) is 0 Å². The van der Waals surface area contributed by atoms with Gasteiger partial charge in [0.25, 0.3) is 12.0 Å². The standard InChI is InChI=1S/C10H9F2N3OS/c1-4-3-5(7(11)12)6-8(13-4)15(2)10(17)14-9(6)16/h3,7H,1-2H3,(H,14,16,17). The van der Waals surface area contributed by atoms with Gasteiger partial charge in [0.1, 0.15) is 5.65 Å². The highest BCUT2D eigenvalue weighted by Gasteiger charge is 2.17. The third-order valence-corrected chi connectivity index (χ3v) is 2.84. The maximum absolute atomic E-state index is 12.9. The van der Waals surface area contributed by atoms with Gasteiger partial charge >= 0.3 is 0 Å². The van der Waals surface area contributed by atoms with Gasteiger partial charge in [0.15, 0.2) is 4.77 Å². The van der Waals surface area contributed by atoms with E-state index in [1.54, 1.807) is 14.0 Å². The third-order valence-electron chi connectivity index (χ3n) is 2.46. The van der Waals surface area contributed by atoms with Crippen molar-refractivity contribution in [1.82, 2.24) is 14.5 Å². The number of aromatic amines is 1. The molecule has 7 heteroatoms. The molecule has 17 heavy (non-hydrogen) atoms. The summed E-state index contributed by atoms with van der Waals surface area (Å²) in [4.78, 5) is 18.1. The fraction of sp³-hybridized carbons (Fsp3) is 0.300. The summed E-state index contributed by atoms with van der Waals surface area (Å²) in [6.45, 7) is 1.59. The number of aromatic nitrogens is 3. The van der Waals surface area contributed by atoms with E-state index in [1.807, 2.05) is 0 Å². The van der Waals surface area contributed by atoms with Crippen LogP contribution in [-0.4, -0.2) is 14.5 Å². The molecule has 0 aromatic carbocycles. The summed E-state index contributed by atoms with van der Waals surface area (Å²) in [5, 5.41) is -0.110. The first-order chi connectivity index (χ1) is 7.91. The molecule has 0 fully saturated rings. The van der Waals surface area contributed by atoms with Crippen molar-refractivity contribution in [3.63, 3.8) is 0 Å². The highest BCUT2D eigenvalue weighted by atomic mass is 32.1. The molecule has 4 nitrogen and oxygen atoms in total. The Balaban J connectivity index is 3.10. The Bertz CT molecular complexity index is 705. The molecule has 0 aliphatic rings. The number of pyridine rings is 1. The number of fused-ring (bicyclic) bond motifs is 1. The van der Waals surface area contributed by atoms with Crippen LogP contribution in [0.15, 0.2) is 10.9 Å². The summed E-state index contributed by atoms with van der Waals surface area (Å²) < 4.78 is 27.3. The fourth-order valence-electron chi connectivity index (χ4n) is 1.67. The smallest absolute Gasteiger partial charge is 0.264 e. The zero-order valence-corrected chi connectivity index (χ0v) is 9.94. The van der Waals surface area contributed by atoms with Crippen molar-refractivity contribution in [3.8, 4) is 0 Å². The number of rotatable bonds is 1. The maximum Gasteiger partial charge on any atom is 0.264 e. The minimum atomic E-state index is -2.73. The van der Waals surface area contributed by atoms with E-state index in [1.165, 1.54) is 10.6 Å². The lowest BCUT2D eigenvalue weighted by molar-refractivity contribution is 0.153. The summed E-state index contributed by atoms with van der Waals surface area (Å²) in [5.41, 5.74) is -0.359. The lowest BCUT2D eigenvalue weighted by Crippen LogP contribution is -2.16. The van der Waals surface area contributed by atoms with Crippen LogP contribution in [0.4, 0.5) is 8.78 Å². The van der Waals surface area contributed by atoms with Gasteiger partial charge in [-0.05, 0) is 25.2 Å². The van der Waals surface area contributed by atoms with Crippen molar-refractivity contribution >= 4 is 23.3 Å². The summed E-state index contributed by atoms with van der Waals surface area (Å²) in [6, 6.07) is 1.21. The molecule has 0 unspecified atom stereocenters. The van der Waals surface area contributed by atoms with E-state index in [2.05, 4.69) is 9.97 Å². The zero-order valence-electron chi connectivity index (χ0n) is 9.12. The van der Waals surface area contributed by atoms with Crippen molar-refractivity contribution in [2.45, 2.75) is 13.3 Å². The largest absolute Gasteiger partial charge is 0.306 e. The Labute approximate surface area is 99.9 Å². The average molecular weight is 257 g/mol.